The van der Waals surface area contributed by atoms with Gasteiger partial charge in [-0.3, -0.25) is 4.99 Å². The Morgan fingerprint density at radius 2 is 1.73 bits per heavy atom. The lowest BCUT2D eigenvalue weighted by Crippen LogP contribution is -2.09. The van der Waals surface area contributed by atoms with Crippen LogP contribution < -0.4 is 5.73 Å². The smallest absolute Gasteiger partial charge is 0.0934 e. The van der Waals surface area contributed by atoms with E-state index in [1.807, 2.05) is 19.9 Å². The van der Waals surface area contributed by atoms with Gasteiger partial charge in [0.1, 0.15) is 0 Å². The molecule has 84 valence electrons. The highest BCUT2D eigenvalue weighted by Crippen LogP contribution is 1.96. The Bertz CT molecular complexity index is 265. The monoisotopic (exact) mass is 206 g/mol. The number of hydrogen-bond acceptors (Lipinski definition) is 1. The predicted octanol–water partition coefficient (Wildman–Crippen LogP) is 3.02. The Morgan fingerprint density at radius 1 is 1.13 bits per heavy atom. The van der Waals surface area contributed by atoms with Crippen molar-refractivity contribution in [1.29, 1.82) is 0 Å². The van der Waals surface area contributed by atoms with Crippen LogP contribution in [0.3, 0.4) is 0 Å². The molecular formula is C13H22N2. The van der Waals surface area contributed by atoms with Crippen LogP contribution in [0.5, 0.6) is 0 Å². The fourth-order valence-electron chi connectivity index (χ4n) is 1.03. The molecule has 1 aromatic carbocycles. The third kappa shape index (κ3) is 7.74. The molecule has 0 aliphatic rings. The summed E-state index contributed by atoms with van der Waals surface area (Å²) >= 11 is 0. The van der Waals surface area contributed by atoms with E-state index in [9.17, 15) is 0 Å². The lowest BCUT2D eigenvalue weighted by molar-refractivity contribution is 1.09. The molecule has 15 heavy (non-hydrogen) atoms. The second-order valence-corrected chi connectivity index (χ2v) is 3.16. The molecule has 0 bridgehead atoms. The Hall–Kier alpha value is -1.31. The van der Waals surface area contributed by atoms with Crippen LogP contribution in [0.1, 0.15) is 32.8 Å². The minimum Gasteiger partial charge on any atom is -0.387 e. The normalized spacial score (nSPS) is 10.5. The molecule has 1 aromatic rings. The van der Waals surface area contributed by atoms with Crippen molar-refractivity contribution in [3.63, 3.8) is 0 Å². The number of benzene rings is 1. The summed E-state index contributed by atoms with van der Waals surface area (Å²) < 4.78 is 0. The van der Waals surface area contributed by atoms with Gasteiger partial charge in [0.25, 0.3) is 0 Å². The molecule has 0 fully saturated rings. The van der Waals surface area contributed by atoms with Crippen LogP contribution in [0.2, 0.25) is 0 Å². The first kappa shape index (κ1) is 13.7. The first-order chi connectivity index (χ1) is 7.24. The fourth-order valence-corrected chi connectivity index (χ4v) is 1.03. The maximum Gasteiger partial charge on any atom is 0.0934 e. The molecule has 0 atom stereocenters. The van der Waals surface area contributed by atoms with Crippen molar-refractivity contribution in [2.75, 3.05) is 6.54 Å². The third-order valence-electron chi connectivity index (χ3n) is 1.97. The first-order valence-electron chi connectivity index (χ1n) is 5.57. The molecule has 0 unspecified atom stereocenters. The molecule has 2 nitrogen and oxygen atoms in total. The zero-order valence-electron chi connectivity index (χ0n) is 10.0. The topological polar surface area (TPSA) is 38.4 Å². The third-order valence-corrected chi connectivity index (χ3v) is 1.97. The standard InChI is InChI=1S/C8H10.C5H12N2/c1-2-8-6-4-3-5-7-8;1-3-5(6)7-4-2/h3-7H,2H2,1H3;3-4H2,1-2H3,(H2,6,7). The van der Waals surface area contributed by atoms with Gasteiger partial charge in [0, 0.05) is 13.0 Å². The molecule has 0 aliphatic carbocycles. The number of nitrogens with two attached hydrogens (primary N) is 1. The minimum absolute atomic E-state index is 0.752. The maximum absolute atomic E-state index is 5.33. The summed E-state index contributed by atoms with van der Waals surface area (Å²) in [6.45, 7) is 6.94. The van der Waals surface area contributed by atoms with Crippen molar-refractivity contribution < 1.29 is 0 Å². The Labute approximate surface area is 93.2 Å². The van der Waals surface area contributed by atoms with Gasteiger partial charge in [-0.05, 0) is 18.9 Å². The molecule has 0 radical (unpaired) electrons. The van der Waals surface area contributed by atoms with Crippen molar-refractivity contribution in [2.45, 2.75) is 33.6 Å². The second-order valence-electron chi connectivity index (χ2n) is 3.16. The van der Waals surface area contributed by atoms with Crippen molar-refractivity contribution >= 4 is 5.84 Å². The van der Waals surface area contributed by atoms with Crippen LogP contribution in [0.25, 0.3) is 0 Å². The Balaban J connectivity index is 0.000000265. The van der Waals surface area contributed by atoms with Gasteiger partial charge in [0.05, 0.1) is 5.84 Å². The van der Waals surface area contributed by atoms with Crippen LogP contribution in [0, 0.1) is 0 Å². The summed E-state index contributed by atoms with van der Waals surface area (Å²) in [5.74, 6) is 0.752. The SMILES string of the molecule is CCN=C(N)CC.CCc1ccccc1. The zero-order chi connectivity index (χ0) is 11.5. The van der Waals surface area contributed by atoms with E-state index in [4.69, 9.17) is 5.73 Å². The number of amidine groups is 1. The first-order valence-corrected chi connectivity index (χ1v) is 5.57. The van der Waals surface area contributed by atoms with E-state index in [1.54, 1.807) is 0 Å². The Morgan fingerprint density at radius 3 is 2.00 bits per heavy atom. The molecule has 0 spiro atoms. The van der Waals surface area contributed by atoms with Gasteiger partial charge in [0.15, 0.2) is 0 Å². The molecular weight excluding hydrogens is 184 g/mol. The van der Waals surface area contributed by atoms with Crippen LogP contribution in [-0.4, -0.2) is 12.4 Å². The number of aliphatic imine (C=N–C) groups is 1. The van der Waals surface area contributed by atoms with E-state index in [0.29, 0.717) is 0 Å². The van der Waals surface area contributed by atoms with Gasteiger partial charge in [-0.25, -0.2) is 0 Å². The van der Waals surface area contributed by atoms with Crippen LogP contribution in [0.4, 0.5) is 0 Å². The molecule has 0 aliphatic heterocycles. The highest BCUT2D eigenvalue weighted by Gasteiger charge is 1.80. The molecule has 2 heteroatoms. The summed E-state index contributed by atoms with van der Waals surface area (Å²) in [7, 11) is 0. The zero-order valence-corrected chi connectivity index (χ0v) is 10.0. The van der Waals surface area contributed by atoms with Gasteiger partial charge in [-0.15, -0.1) is 0 Å². The summed E-state index contributed by atoms with van der Waals surface area (Å²) in [5, 5.41) is 0. The van der Waals surface area contributed by atoms with Crippen molar-refractivity contribution in [3.8, 4) is 0 Å². The van der Waals surface area contributed by atoms with Crippen molar-refractivity contribution in [3.05, 3.63) is 35.9 Å². The van der Waals surface area contributed by atoms with E-state index in [-0.39, 0.29) is 0 Å². The Kier molecular flexibility index (Phi) is 8.44. The van der Waals surface area contributed by atoms with E-state index in [1.165, 1.54) is 5.56 Å². The highest BCUT2D eigenvalue weighted by atomic mass is 14.8. The molecule has 2 N–H and O–H groups in total. The van der Waals surface area contributed by atoms with E-state index >= 15 is 0 Å². The summed E-state index contributed by atoms with van der Waals surface area (Å²) in [6.07, 6.45) is 2.01. The largest absolute Gasteiger partial charge is 0.387 e. The molecule has 0 amide bonds. The van der Waals surface area contributed by atoms with Crippen molar-refractivity contribution in [1.82, 2.24) is 0 Å². The molecule has 0 heterocycles. The van der Waals surface area contributed by atoms with Crippen LogP contribution in [-0.2, 0) is 6.42 Å². The average Bonchev–Trinajstić information content (AvgIpc) is 2.31. The molecule has 0 aromatic heterocycles. The molecule has 0 saturated carbocycles. The minimum atomic E-state index is 0.752. The summed E-state index contributed by atoms with van der Waals surface area (Å²) in [4.78, 5) is 3.94. The van der Waals surface area contributed by atoms with Crippen LogP contribution in [0.15, 0.2) is 35.3 Å². The maximum atomic E-state index is 5.33. The quantitative estimate of drug-likeness (QED) is 0.599. The summed E-state index contributed by atoms with van der Waals surface area (Å²) in [6, 6.07) is 10.5. The van der Waals surface area contributed by atoms with Gasteiger partial charge in [0.2, 0.25) is 0 Å². The van der Waals surface area contributed by atoms with Gasteiger partial charge < -0.3 is 5.73 Å². The van der Waals surface area contributed by atoms with Gasteiger partial charge >= 0.3 is 0 Å². The predicted molar refractivity (Wildman–Crippen MR) is 68.3 cm³/mol. The van der Waals surface area contributed by atoms with Crippen molar-refractivity contribution in [2.24, 2.45) is 10.7 Å². The van der Waals surface area contributed by atoms with E-state index < -0.39 is 0 Å². The number of hydrogen-bond donors (Lipinski definition) is 1. The lowest BCUT2D eigenvalue weighted by atomic mass is 10.2. The van der Waals surface area contributed by atoms with E-state index in [0.717, 1.165) is 25.2 Å². The van der Waals surface area contributed by atoms with Gasteiger partial charge in [-0.1, -0.05) is 44.2 Å². The van der Waals surface area contributed by atoms with Gasteiger partial charge in [-0.2, -0.15) is 0 Å². The number of aryl methyl sites for hydroxylation is 1. The summed E-state index contributed by atoms with van der Waals surface area (Å²) in [5.41, 5.74) is 6.74. The number of nitrogens with zero attached hydrogens (tertiary/aromatic N) is 1. The number of rotatable bonds is 3. The second kappa shape index (κ2) is 9.25. The average molecular weight is 206 g/mol. The molecule has 0 saturated heterocycles. The fraction of sp³-hybridized carbons (Fsp3) is 0.462. The highest BCUT2D eigenvalue weighted by molar-refractivity contribution is 5.79. The lowest BCUT2D eigenvalue weighted by Gasteiger charge is -1.89. The molecule has 1 rings (SSSR count). The van der Waals surface area contributed by atoms with Crippen LogP contribution >= 0.6 is 0 Å². The van der Waals surface area contributed by atoms with E-state index in [2.05, 4.69) is 36.2 Å².